The average molecular weight is 436 g/mol. The Hall–Kier alpha value is -2.10. The van der Waals surface area contributed by atoms with Gasteiger partial charge in [0, 0.05) is 10.2 Å². The number of nitriles is 1. The van der Waals surface area contributed by atoms with E-state index in [2.05, 4.69) is 37.2 Å². The van der Waals surface area contributed by atoms with E-state index in [0.717, 1.165) is 14.5 Å². The van der Waals surface area contributed by atoms with Gasteiger partial charge in [-0.2, -0.15) is 5.26 Å². The van der Waals surface area contributed by atoms with Gasteiger partial charge in [0.15, 0.2) is 0 Å². The Kier molecular flexibility index (Phi) is 5.97. The summed E-state index contributed by atoms with van der Waals surface area (Å²) in [6, 6.07) is 14.4. The van der Waals surface area contributed by atoms with Crippen LogP contribution in [0, 0.1) is 11.3 Å². The highest BCUT2D eigenvalue weighted by molar-refractivity contribution is 9.10. The molecule has 0 radical (unpaired) electrons. The molecule has 1 amide bonds. The third-order valence-electron chi connectivity index (χ3n) is 2.95. The number of nitrogens with zero attached hydrogens (tertiary/aromatic N) is 1. The van der Waals surface area contributed by atoms with Crippen molar-refractivity contribution in [3.8, 4) is 11.8 Å². The molecule has 0 aliphatic carbocycles. The molecule has 23 heavy (non-hydrogen) atoms. The first kappa shape index (κ1) is 17.3. The standard InChI is InChI=1S/C17H12Br2N2O2/c1-23-16-7-2-11(9-15(16)19)8-12(10-20)17(22)21-14-5-3-13(18)4-6-14/h2-9H,1H3,(H,21,22)/b12-8+. The van der Waals surface area contributed by atoms with E-state index >= 15 is 0 Å². The van der Waals surface area contributed by atoms with Crippen LogP contribution in [0.2, 0.25) is 0 Å². The zero-order valence-electron chi connectivity index (χ0n) is 12.1. The van der Waals surface area contributed by atoms with Crippen molar-refractivity contribution in [3.05, 3.63) is 62.5 Å². The molecular weight excluding hydrogens is 424 g/mol. The highest BCUT2D eigenvalue weighted by Gasteiger charge is 2.10. The summed E-state index contributed by atoms with van der Waals surface area (Å²) in [5.74, 6) is 0.224. The maximum Gasteiger partial charge on any atom is 0.266 e. The molecule has 0 unspecified atom stereocenters. The molecule has 116 valence electrons. The van der Waals surface area contributed by atoms with E-state index in [1.54, 1.807) is 37.4 Å². The van der Waals surface area contributed by atoms with Crippen LogP contribution in [0.15, 0.2) is 57.0 Å². The van der Waals surface area contributed by atoms with E-state index < -0.39 is 5.91 Å². The van der Waals surface area contributed by atoms with Crippen molar-refractivity contribution in [2.24, 2.45) is 0 Å². The van der Waals surface area contributed by atoms with Crippen LogP contribution >= 0.6 is 31.9 Å². The zero-order valence-corrected chi connectivity index (χ0v) is 15.3. The van der Waals surface area contributed by atoms with Gasteiger partial charge in [-0.1, -0.05) is 22.0 Å². The van der Waals surface area contributed by atoms with Crippen LogP contribution in [-0.4, -0.2) is 13.0 Å². The van der Waals surface area contributed by atoms with Crippen molar-refractivity contribution < 1.29 is 9.53 Å². The maximum atomic E-state index is 12.2. The van der Waals surface area contributed by atoms with Gasteiger partial charge in [0.1, 0.15) is 17.4 Å². The minimum Gasteiger partial charge on any atom is -0.496 e. The molecule has 0 heterocycles. The average Bonchev–Trinajstić information content (AvgIpc) is 2.54. The summed E-state index contributed by atoms with van der Waals surface area (Å²) in [4.78, 5) is 12.2. The number of amides is 1. The van der Waals surface area contributed by atoms with Crippen molar-refractivity contribution in [1.82, 2.24) is 0 Å². The van der Waals surface area contributed by atoms with Crippen LogP contribution in [0.4, 0.5) is 5.69 Å². The third kappa shape index (κ3) is 4.68. The fourth-order valence-corrected chi connectivity index (χ4v) is 2.64. The highest BCUT2D eigenvalue weighted by Crippen LogP contribution is 2.26. The SMILES string of the molecule is COc1ccc(/C=C(\C#N)C(=O)Nc2ccc(Br)cc2)cc1Br. The molecule has 6 heteroatoms. The lowest BCUT2D eigenvalue weighted by atomic mass is 10.1. The predicted molar refractivity (Wildman–Crippen MR) is 97.1 cm³/mol. The first-order valence-corrected chi connectivity index (χ1v) is 8.14. The van der Waals surface area contributed by atoms with Crippen molar-refractivity contribution >= 4 is 49.5 Å². The first-order chi connectivity index (χ1) is 11.0. The summed E-state index contributed by atoms with van der Waals surface area (Å²) in [6.07, 6.45) is 1.53. The van der Waals surface area contributed by atoms with Crippen molar-refractivity contribution in [1.29, 1.82) is 5.26 Å². The van der Waals surface area contributed by atoms with Gasteiger partial charge in [-0.15, -0.1) is 0 Å². The number of anilines is 1. The van der Waals surface area contributed by atoms with Gasteiger partial charge < -0.3 is 10.1 Å². The molecule has 4 nitrogen and oxygen atoms in total. The number of carbonyl (C=O) groups excluding carboxylic acids is 1. The third-order valence-corrected chi connectivity index (χ3v) is 4.10. The van der Waals surface area contributed by atoms with Gasteiger partial charge in [0.2, 0.25) is 0 Å². The zero-order chi connectivity index (χ0) is 16.8. The molecule has 0 bridgehead atoms. The molecule has 0 aliphatic rings. The lowest BCUT2D eigenvalue weighted by Crippen LogP contribution is -2.13. The van der Waals surface area contributed by atoms with Crippen LogP contribution in [0.5, 0.6) is 5.75 Å². The molecule has 0 fully saturated rings. The fourth-order valence-electron chi connectivity index (χ4n) is 1.82. The topological polar surface area (TPSA) is 62.1 Å². The molecule has 0 saturated carbocycles. The van der Waals surface area contributed by atoms with Gasteiger partial charge >= 0.3 is 0 Å². The Balaban J connectivity index is 2.21. The van der Waals surface area contributed by atoms with Gasteiger partial charge in [-0.3, -0.25) is 4.79 Å². The summed E-state index contributed by atoms with van der Waals surface area (Å²) in [5.41, 5.74) is 1.36. The lowest BCUT2D eigenvalue weighted by Gasteiger charge is -2.06. The molecule has 0 aliphatic heterocycles. The molecule has 0 spiro atoms. The van der Waals surface area contributed by atoms with Gasteiger partial charge in [0.05, 0.1) is 11.6 Å². The molecule has 0 aromatic heterocycles. The second kappa shape index (κ2) is 7.95. The Morgan fingerprint density at radius 2 is 1.91 bits per heavy atom. The summed E-state index contributed by atoms with van der Waals surface area (Å²) in [7, 11) is 1.57. The Morgan fingerprint density at radius 1 is 1.22 bits per heavy atom. The van der Waals surface area contributed by atoms with Gasteiger partial charge in [0.25, 0.3) is 5.91 Å². The number of hydrogen-bond donors (Lipinski definition) is 1. The summed E-state index contributed by atoms with van der Waals surface area (Å²) in [6.45, 7) is 0. The molecule has 2 aromatic carbocycles. The van der Waals surface area contributed by atoms with Crippen molar-refractivity contribution in [3.63, 3.8) is 0 Å². The maximum absolute atomic E-state index is 12.2. The minimum absolute atomic E-state index is 0.0185. The second-order valence-corrected chi connectivity index (χ2v) is 6.29. The van der Waals surface area contributed by atoms with E-state index in [-0.39, 0.29) is 5.57 Å². The lowest BCUT2D eigenvalue weighted by molar-refractivity contribution is -0.112. The van der Waals surface area contributed by atoms with Crippen molar-refractivity contribution in [2.45, 2.75) is 0 Å². The van der Waals surface area contributed by atoms with E-state index in [0.29, 0.717) is 11.4 Å². The van der Waals surface area contributed by atoms with Crippen LogP contribution in [0.25, 0.3) is 6.08 Å². The molecule has 2 rings (SSSR count). The highest BCUT2D eigenvalue weighted by atomic mass is 79.9. The largest absolute Gasteiger partial charge is 0.496 e. The van der Waals surface area contributed by atoms with E-state index in [9.17, 15) is 10.1 Å². The van der Waals surface area contributed by atoms with Crippen LogP contribution in [0.1, 0.15) is 5.56 Å². The van der Waals surface area contributed by atoms with Crippen LogP contribution < -0.4 is 10.1 Å². The smallest absolute Gasteiger partial charge is 0.266 e. The first-order valence-electron chi connectivity index (χ1n) is 6.55. The molecule has 1 N–H and O–H groups in total. The Morgan fingerprint density at radius 3 is 2.48 bits per heavy atom. The Bertz CT molecular complexity index is 793. The van der Waals surface area contributed by atoms with E-state index in [4.69, 9.17) is 4.74 Å². The van der Waals surface area contributed by atoms with Crippen molar-refractivity contribution in [2.75, 3.05) is 12.4 Å². The Labute approximate surface area is 151 Å². The number of rotatable bonds is 4. The second-order valence-electron chi connectivity index (χ2n) is 4.52. The minimum atomic E-state index is -0.457. The number of halogens is 2. The molecular formula is C17H12Br2N2O2. The van der Waals surface area contributed by atoms with Crippen LogP contribution in [0.3, 0.4) is 0 Å². The summed E-state index contributed by atoms with van der Waals surface area (Å²) in [5, 5.41) is 11.9. The number of hydrogen-bond acceptors (Lipinski definition) is 3. The number of nitrogens with one attached hydrogen (secondary N) is 1. The predicted octanol–water partition coefficient (Wildman–Crippen LogP) is 4.77. The quantitative estimate of drug-likeness (QED) is 0.555. The number of methoxy groups -OCH3 is 1. The molecule has 0 saturated heterocycles. The monoisotopic (exact) mass is 434 g/mol. The van der Waals surface area contributed by atoms with Gasteiger partial charge in [-0.05, 0) is 64.0 Å². The number of benzene rings is 2. The van der Waals surface area contributed by atoms with Crippen LogP contribution in [-0.2, 0) is 4.79 Å². The normalized spacial score (nSPS) is 10.8. The fraction of sp³-hybridized carbons (Fsp3) is 0.0588. The molecule has 2 aromatic rings. The van der Waals surface area contributed by atoms with E-state index in [1.807, 2.05) is 18.2 Å². The summed E-state index contributed by atoms with van der Waals surface area (Å²) < 4.78 is 6.81. The number of carbonyl (C=O) groups is 1. The summed E-state index contributed by atoms with van der Waals surface area (Å²) >= 11 is 6.70. The van der Waals surface area contributed by atoms with Gasteiger partial charge in [-0.25, -0.2) is 0 Å². The van der Waals surface area contributed by atoms with E-state index in [1.165, 1.54) is 6.08 Å². The number of ether oxygens (including phenoxy) is 1. The molecule has 0 atom stereocenters.